The largest absolute Gasteiger partial charge is 0.497 e. The quantitative estimate of drug-likeness (QED) is 0.866. The molecule has 0 bridgehead atoms. The highest BCUT2D eigenvalue weighted by Crippen LogP contribution is 2.29. The molecule has 1 amide bonds. The van der Waals surface area contributed by atoms with Gasteiger partial charge in [0.15, 0.2) is 0 Å². The molecular weight excluding hydrogens is 256 g/mol. The van der Waals surface area contributed by atoms with E-state index in [1.165, 1.54) is 0 Å². The first-order valence-corrected chi connectivity index (χ1v) is 6.93. The van der Waals surface area contributed by atoms with Crippen molar-refractivity contribution >= 4 is 11.6 Å². The van der Waals surface area contributed by atoms with Crippen LogP contribution in [0.4, 0.5) is 5.69 Å². The second-order valence-electron chi connectivity index (χ2n) is 5.02. The van der Waals surface area contributed by atoms with Crippen LogP contribution in [0.15, 0.2) is 18.2 Å². The average Bonchev–Trinajstić information content (AvgIpc) is 2.97. The van der Waals surface area contributed by atoms with Gasteiger partial charge in [-0.1, -0.05) is 6.92 Å². The van der Waals surface area contributed by atoms with E-state index in [1.54, 1.807) is 32.4 Å². The normalized spacial score (nSPS) is 21.6. The second-order valence-corrected chi connectivity index (χ2v) is 5.02. The molecule has 20 heavy (non-hydrogen) atoms. The maximum Gasteiger partial charge on any atom is 0.244 e. The molecule has 1 unspecified atom stereocenters. The lowest BCUT2D eigenvalue weighted by atomic mass is 9.93. The van der Waals surface area contributed by atoms with Crippen molar-refractivity contribution in [1.82, 2.24) is 5.32 Å². The molecule has 5 heteroatoms. The van der Waals surface area contributed by atoms with E-state index in [4.69, 9.17) is 9.47 Å². The maximum absolute atomic E-state index is 12.5. The van der Waals surface area contributed by atoms with Crippen molar-refractivity contribution in [3.63, 3.8) is 0 Å². The van der Waals surface area contributed by atoms with Gasteiger partial charge >= 0.3 is 0 Å². The summed E-state index contributed by atoms with van der Waals surface area (Å²) in [6, 6.07) is 5.36. The number of ether oxygens (including phenoxy) is 2. The van der Waals surface area contributed by atoms with Gasteiger partial charge in [0.05, 0.1) is 19.8 Å². The zero-order valence-electron chi connectivity index (χ0n) is 12.3. The van der Waals surface area contributed by atoms with Gasteiger partial charge in [0.25, 0.3) is 0 Å². The van der Waals surface area contributed by atoms with Crippen LogP contribution in [0, 0.1) is 0 Å². The van der Waals surface area contributed by atoms with Gasteiger partial charge in [0, 0.05) is 23.9 Å². The van der Waals surface area contributed by atoms with E-state index in [-0.39, 0.29) is 5.91 Å². The highest BCUT2D eigenvalue weighted by atomic mass is 16.5. The molecule has 1 atom stereocenters. The summed E-state index contributed by atoms with van der Waals surface area (Å²) in [5.41, 5.74) is 0.240. The topological polar surface area (TPSA) is 59.6 Å². The molecule has 110 valence electrons. The Morgan fingerprint density at radius 3 is 2.40 bits per heavy atom. The number of benzene rings is 1. The van der Waals surface area contributed by atoms with Gasteiger partial charge in [-0.15, -0.1) is 0 Å². The zero-order valence-corrected chi connectivity index (χ0v) is 12.3. The third-order valence-electron chi connectivity index (χ3n) is 3.89. The lowest BCUT2D eigenvalue weighted by Crippen LogP contribution is -2.50. The summed E-state index contributed by atoms with van der Waals surface area (Å²) in [5.74, 6) is 1.32. The lowest BCUT2D eigenvalue weighted by molar-refractivity contribution is -0.122. The first-order valence-electron chi connectivity index (χ1n) is 6.93. The fourth-order valence-corrected chi connectivity index (χ4v) is 2.59. The van der Waals surface area contributed by atoms with Gasteiger partial charge in [-0.05, 0) is 25.8 Å². The molecule has 1 aromatic rings. The van der Waals surface area contributed by atoms with E-state index < -0.39 is 5.54 Å². The van der Waals surface area contributed by atoms with Crippen LogP contribution in [0.25, 0.3) is 0 Å². The number of hydrogen-bond donors (Lipinski definition) is 2. The Labute approximate surface area is 119 Å². The molecule has 1 heterocycles. The third kappa shape index (κ3) is 2.88. The van der Waals surface area contributed by atoms with E-state index in [2.05, 4.69) is 10.6 Å². The Hall–Kier alpha value is -1.75. The third-order valence-corrected chi connectivity index (χ3v) is 3.89. The summed E-state index contributed by atoms with van der Waals surface area (Å²) >= 11 is 0. The minimum absolute atomic E-state index is 0.00723. The predicted octanol–water partition coefficient (Wildman–Crippen LogP) is 2.17. The molecule has 0 radical (unpaired) electrons. The molecule has 2 N–H and O–H groups in total. The van der Waals surface area contributed by atoms with Crippen molar-refractivity contribution in [3.05, 3.63) is 18.2 Å². The van der Waals surface area contributed by atoms with E-state index in [0.717, 1.165) is 25.8 Å². The number of anilines is 1. The average molecular weight is 278 g/mol. The molecule has 5 nitrogen and oxygen atoms in total. The Morgan fingerprint density at radius 2 is 1.95 bits per heavy atom. The summed E-state index contributed by atoms with van der Waals surface area (Å²) in [6.07, 6.45) is 2.68. The Bertz CT molecular complexity index is 460. The highest BCUT2D eigenvalue weighted by Gasteiger charge is 2.39. The monoisotopic (exact) mass is 278 g/mol. The molecule has 0 spiro atoms. The van der Waals surface area contributed by atoms with Crippen LogP contribution in [0.5, 0.6) is 11.5 Å². The van der Waals surface area contributed by atoms with E-state index in [9.17, 15) is 4.79 Å². The standard InChI is InChI=1S/C15H22N2O3/c1-4-15(6-5-7-16-15)14(18)17-11-8-12(19-2)10-13(9-11)20-3/h8-10,16H,4-7H2,1-3H3,(H,17,18). The molecule has 0 aliphatic carbocycles. The fraction of sp³-hybridized carbons (Fsp3) is 0.533. The minimum Gasteiger partial charge on any atom is -0.497 e. The summed E-state index contributed by atoms with van der Waals surface area (Å²) in [4.78, 5) is 12.5. The predicted molar refractivity (Wildman–Crippen MR) is 78.4 cm³/mol. The van der Waals surface area contributed by atoms with Crippen molar-refractivity contribution in [2.24, 2.45) is 0 Å². The molecule has 2 rings (SSSR count). The Kier molecular flexibility index (Phi) is 4.49. The SMILES string of the molecule is CCC1(C(=O)Nc2cc(OC)cc(OC)c2)CCCN1. The molecule has 1 aliphatic rings. The van der Waals surface area contributed by atoms with E-state index in [1.807, 2.05) is 6.92 Å². The van der Waals surface area contributed by atoms with Gasteiger partial charge in [-0.25, -0.2) is 0 Å². The highest BCUT2D eigenvalue weighted by molar-refractivity contribution is 5.98. The smallest absolute Gasteiger partial charge is 0.244 e. The van der Waals surface area contributed by atoms with E-state index in [0.29, 0.717) is 17.2 Å². The van der Waals surface area contributed by atoms with E-state index >= 15 is 0 Å². The number of carbonyl (C=O) groups is 1. The van der Waals surface area contributed by atoms with Crippen LogP contribution >= 0.6 is 0 Å². The van der Waals surface area contributed by atoms with Crippen LogP contribution in [-0.4, -0.2) is 32.2 Å². The van der Waals surface area contributed by atoms with Gasteiger partial charge in [-0.3, -0.25) is 4.79 Å². The van der Waals surface area contributed by atoms with Crippen molar-refractivity contribution in [2.75, 3.05) is 26.1 Å². The summed E-state index contributed by atoms with van der Waals surface area (Å²) < 4.78 is 10.4. The summed E-state index contributed by atoms with van der Waals surface area (Å²) in [5, 5.41) is 6.29. The number of hydrogen-bond acceptors (Lipinski definition) is 4. The number of methoxy groups -OCH3 is 2. The zero-order chi connectivity index (χ0) is 14.6. The van der Waals surface area contributed by atoms with Crippen LogP contribution < -0.4 is 20.1 Å². The number of rotatable bonds is 5. The molecule has 1 aromatic carbocycles. The number of nitrogens with one attached hydrogen (secondary N) is 2. The van der Waals surface area contributed by atoms with Gasteiger partial charge < -0.3 is 20.1 Å². The van der Waals surface area contributed by atoms with Gasteiger partial charge in [0.1, 0.15) is 11.5 Å². The molecule has 1 fully saturated rings. The second kappa shape index (κ2) is 6.13. The van der Waals surface area contributed by atoms with Crippen molar-refractivity contribution in [3.8, 4) is 11.5 Å². The van der Waals surface area contributed by atoms with Crippen molar-refractivity contribution in [1.29, 1.82) is 0 Å². The first-order chi connectivity index (χ1) is 9.63. The fourth-order valence-electron chi connectivity index (χ4n) is 2.59. The molecular formula is C15H22N2O3. The number of carbonyl (C=O) groups excluding carboxylic acids is 1. The molecule has 0 saturated carbocycles. The molecule has 1 saturated heterocycles. The molecule has 1 aliphatic heterocycles. The van der Waals surface area contributed by atoms with Gasteiger partial charge in [-0.2, -0.15) is 0 Å². The lowest BCUT2D eigenvalue weighted by Gasteiger charge is -2.26. The summed E-state index contributed by atoms with van der Waals surface area (Å²) in [7, 11) is 3.18. The Balaban J connectivity index is 2.18. The van der Waals surface area contributed by atoms with Gasteiger partial charge in [0.2, 0.25) is 5.91 Å². The Morgan fingerprint density at radius 1 is 1.30 bits per heavy atom. The number of amides is 1. The maximum atomic E-state index is 12.5. The first kappa shape index (κ1) is 14.7. The molecule has 0 aromatic heterocycles. The van der Waals surface area contributed by atoms with Crippen molar-refractivity contribution in [2.45, 2.75) is 31.7 Å². The van der Waals surface area contributed by atoms with Crippen LogP contribution in [-0.2, 0) is 4.79 Å². The van der Waals surface area contributed by atoms with Crippen LogP contribution in [0.1, 0.15) is 26.2 Å². The summed E-state index contributed by atoms with van der Waals surface area (Å²) in [6.45, 7) is 2.92. The van der Waals surface area contributed by atoms with Crippen molar-refractivity contribution < 1.29 is 14.3 Å². The minimum atomic E-state index is -0.448. The van der Waals surface area contributed by atoms with Crippen LogP contribution in [0.3, 0.4) is 0 Å². The van der Waals surface area contributed by atoms with Crippen LogP contribution in [0.2, 0.25) is 0 Å².